The zero-order valence-electron chi connectivity index (χ0n) is 22.5. The molecule has 1 atom stereocenters. The van der Waals surface area contributed by atoms with Gasteiger partial charge in [-0.3, -0.25) is 4.79 Å². The quantitative estimate of drug-likeness (QED) is 0.307. The third kappa shape index (κ3) is 4.65. The van der Waals surface area contributed by atoms with Crippen LogP contribution in [0.5, 0.6) is 23.0 Å². The number of benzene rings is 2. The van der Waals surface area contributed by atoms with Crippen LogP contribution >= 0.6 is 11.3 Å². The van der Waals surface area contributed by atoms with Gasteiger partial charge in [0.15, 0.2) is 17.3 Å². The molecule has 0 spiro atoms. The molecule has 1 unspecified atom stereocenters. The van der Waals surface area contributed by atoms with Crippen molar-refractivity contribution in [1.29, 1.82) is 0 Å². The first kappa shape index (κ1) is 26.1. The SMILES string of the molecule is COc1ccccc1NC(=O)C1=C(C)Nc2nc(-c3cc(OC)c(OC)c(OC)c3)nn2C1c1sccc1C. The zero-order chi connectivity index (χ0) is 27.7. The summed E-state index contributed by atoms with van der Waals surface area (Å²) in [5, 5.41) is 13.2. The lowest BCUT2D eigenvalue weighted by Gasteiger charge is -2.28. The molecule has 0 aliphatic carbocycles. The first-order valence-corrected chi connectivity index (χ1v) is 13.0. The molecule has 39 heavy (non-hydrogen) atoms. The molecule has 2 aromatic heterocycles. The molecule has 1 aliphatic heterocycles. The lowest BCUT2D eigenvalue weighted by Crippen LogP contribution is -2.31. The minimum atomic E-state index is -0.501. The van der Waals surface area contributed by atoms with Gasteiger partial charge in [0.2, 0.25) is 11.7 Å². The standard InChI is InChI=1S/C28H29N5O5S/c1-15-11-12-39-25(15)23-22(27(34)30-18-9-7-8-10-19(18)35-3)16(2)29-28-31-26(32-33(23)28)17-13-20(36-4)24(38-6)21(14-17)37-5/h7-14,23H,1-6H3,(H,30,34)(H,29,31,32). The van der Waals surface area contributed by atoms with Crippen molar-refractivity contribution >= 4 is 28.9 Å². The Bertz CT molecular complexity index is 1550. The molecule has 2 N–H and O–H groups in total. The van der Waals surface area contributed by atoms with Crippen LogP contribution in [0.1, 0.15) is 23.4 Å². The number of allylic oxidation sites excluding steroid dienone is 1. The number of nitrogens with zero attached hydrogens (tertiary/aromatic N) is 3. The van der Waals surface area contributed by atoms with E-state index in [2.05, 4.69) is 10.6 Å². The van der Waals surface area contributed by atoms with Crippen molar-refractivity contribution in [2.75, 3.05) is 39.1 Å². The molecule has 10 nitrogen and oxygen atoms in total. The third-order valence-electron chi connectivity index (χ3n) is 6.53. The van der Waals surface area contributed by atoms with Gasteiger partial charge in [-0.05, 0) is 55.1 Å². The predicted molar refractivity (Wildman–Crippen MR) is 150 cm³/mol. The summed E-state index contributed by atoms with van der Waals surface area (Å²) in [6.07, 6.45) is 0. The predicted octanol–water partition coefficient (Wildman–Crippen LogP) is 5.28. The summed E-state index contributed by atoms with van der Waals surface area (Å²) in [6.45, 7) is 3.89. The highest BCUT2D eigenvalue weighted by molar-refractivity contribution is 7.10. The van der Waals surface area contributed by atoms with Crippen LogP contribution in [0.2, 0.25) is 0 Å². The number of nitrogens with one attached hydrogen (secondary N) is 2. The Hall–Kier alpha value is -4.51. The molecular weight excluding hydrogens is 518 g/mol. The molecule has 0 saturated heterocycles. The van der Waals surface area contributed by atoms with Gasteiger partial charge in [0, 0.05) is 16.1 Å². The van der Waals surface area contributed by atoms with Gasteiger partial charge in [0.25, 0.3) is 5.91 Å². The molecule has 1 amide bonds. The van der Waals surface area contributed by atoms with E-state index in [1.54, 1.807) is 68.7 Å². The summed E-state index contributed by atoms with van der Waals surface area (Å²) in [7, 11) is 6.24. The number of amides is 1. The van der Waals surface area contributed by atoms with E-state index in [9.17, 15) is 4.79 Å². The Kier molecular flexibility index (Phi) is 7.16. The average Bonchev–Trinajstić information content (AvgIpc) is 3.57. The lowest BCUT2D eigenvalue weighted by molar-refractivity contribution is -0.113. The number of hydrogen-bond acceptors (Lipinski definition) is 9. The van der Waals surface area contributed by atoms with Gasteiger partial charge in [-0.2, -0.15) is 4.98 Å². The van der Waals surface area contributed by atoms with E-state index in [1.807, 2.05) is 37.4 Å². The van der Waals surface area contributed by atoms with Crippen molar-refractivity contribution in [2.24, 2.45) is 0 Å². The van der Waals surface area contributed by atoms with Gasteiger partial charge in [0.1, 0.15) is 11.8 Å². The summed E-state index contributed by atoms with van der Waals surface area (Å²) in [6, 6.07) is 12.4. The Labute approximate surface area is 230 Å². The van der Waals surface area contributed by atoms with Crippen molar-refractivity contribution in [3.05, 3.63) is 69.6 Å². The maximum Gasteiger partial charge on any atom is 0.256 e. The number of carbonyl (C=O) groups excluding carboxylic acids is 1. The first-order chi connectivity index (χ1) is 18.9. The Morgan fingerprint density at radius 3 is 2.28 bits per heavy atom. The van der Waals surface area contributed by atoms with Crippen molar-refractivity contribution in [3.8, 4) is 34.4 Å². The second-order valence-corrected chi connectivity index (χ2v) is 9.75. The maximum atomic E-state index is 13.8. The first-order valence-electron chi connectivity index (χ1n) is 12.1. The second-order valence-electron chi connectivity index (χ2n) is 8.81. The fourth-order valence-corrected chi connectivity index (χ4v) is 5.64. The normalized spacial score (nSPS) is 14.4. The van der Waals surface area contributed by atoms with Crippen LogP contribution in [-0.4, -0.2) is 49.1 Å². The van der Waals surface area contributed by atoms with E-state index in [4.69, 9.17) is 29.0 Å². The number of methoxy groups -OCH3 is 4. The van der Waals surface area contributed by atoms with Crippen LogP contribution in [0, 0.1) is 6.92 Å². The topological polar surface area (TPSA) is 109 Å². The molecular formula is C28H29N5O5S. The minimum Gasteiger partial charge on any atom is -0.495 e. The van der Waals surface area contributed by atoms with Gasteiger partial charge >= 0.3 is 0 Å². The number of aryl methyl sites for hydroxylation is 1. The third-order valence-corrected chi connectivity index (χ3v) is 7.60. The van der Waals surface area contributed by atoms with Crippen molar-refractivity contribution in [1.82, 2.24) is 14.8 Å². The molecule has 5 rings (SSSR count). The molecule has 3 heterocycles. The van der Waals surface area contributed by atoms with Crippen LogP contribution in [0.25, 0.3) is 11.4 Å². The number of fused-ring (bicyclic) bond motifs is 1. The summed E-state index contributed by atoms with van der Waals surface area (Å²) in [4.78, 5) is 19.6. The monoisotopic (exact) mass is 547 g/mol. The number of rotatable bonds is 8. The van der Waals surface area contributed by atoms with Gasteiger partial charge < -0.3 is 29.6 Å². The lowest BCUT2D eigenvalue weighted by atomic mass is 9.98. The minimum absolute atomic E-state index is 0.266. The Morgan fingerprint density at radius 1 is 0.974 bits per heavy atom. The Balaban J connectivity index is 1.61. The van der Waals surface area contributed by atoms with E-state index in [-0.39, 0.29) is 5.91 Å². The van der Waals surface area contributed by atoms with E-state index in [1.165, 1.54) is 0 Å². The Morgan fingerprint density at radius 2 is 1.67 bits per heavy atom. The van der Waals surface area contributed by atoms with Crippen LogP contribution < -0.4 is 29.6 Å². The molecule has 1 aliphatic rings. The van der Waals surface area contributed by atoms with Crippen LogP contribution in [0.3, 0.4) is 0 Å². The highest BCUT2D eigenvalue weighted by Crippen LogP contribution is 2.43. The molecule has 0 fully saturated rings. The average molecular weight is 548 g/mol. The van der Waals surface area contributed by atoms with Crippen LogP contribution in [0.4, 0.5) is 11.6 Å². The van der Waals surface area contributed by atoms with Crippen molar-refractivity contribution < 1.29 is 23.7 Å². The smallest absolute Gasteiger partial charge is 0.256 e. The number of ether oxygens (including phenoxy) is 4. The summed E-state index contributed by atoms with van der Waals surface area (Å²) < 4.78 is 23.7. The number of carbonyl (C=O) groups is 1. The number of hydrogen-bond donors (Lipinski definition) is 2. The van der Waals surface area contributed by atoms with E-state index >= 15 is 0 Å². The second kappa shape index (κ2) is 10.7. The van der Waals surface area contributed by atoms with E-state index in [0.29, 0.717) is 57.3 Å². The van der Waals surface area contributed by atoms with Gasteiger partial charge in [0.05, 0.1) is 39.7 Å². The zero-order valence-corrected chi connectivity index (χ0v) is 23.3. The van der Waals surface area contributed by atoms with E-state index in [0.717, 1.165) is 10.4 Å². The molecule has 4 aromatic rings. The molecule has 2 aromatic carbocycles. The number of anilines is 2. The molecule has 0 radical (unpaired) electrons. The number of aromatic nitrogens is 3. The summed E-state index contributed by atoms with van der Waals surface area (Å²) >= 11 is 1.57. The largest absolute Gasteiger partial charge is 0.495 e. The van der Waals surface area contributed by atoms with Gasteiger partial charge in [-0.25, -0.2) is 4.68 Å². The molecule has 0 saturated carbocycles. The fraction of sp³-hybridized carbons (Fsp3) is 0.250. The van der Waals surface area contributed by atoms with E-state index < -0.39 is 6.04 Å². The fourth-order valence-electron chi connectivity index (χ4n) is 4.62. The van der Waals surface area contributed by atoms with Gasteiger partial charge in [-0.1, -0.05) is 12.1 Å². The highest BCUT2D eigenvalue weighted by Gasteiger charge is 2.36. The number of para-hydroxylation sites is 2. The van der Waals surface area contributed by atoms with Crippen LogP contribution in [0.15, 0.2) is 59.1 Å². The van der Waals surface area contributed by atoms with Gasteiger partial charge in [-0.15, -0.1) is 16.4 Å². The van der Waals surface area contributed by atoms with Crippen molar-refractivity contribution in [2.45, 2.75) is 19.9 Å². The maximum absolute atomic E-state index is 13.8. The number of thiophene rings is 1. The molecule has 11 heteroatoms. The van der Waals surface area contributed by atoms with Crippen molar-refractivity contribution in [3.63, 3.8) is 0 Å². The highest BCUT2D eigenvalue weighted by atomic mass is 32.1. The summed E-state index contributed by atoms with van der Waals surface area (Å²) in [5.74, 6) is 2.72. The molecule has 202 valence electrons. The van der Waals surface area contributed by atoms with Crippen LogP contribution in [-0.2, 0) is 4.79 Å². The summed E-state index contributed by atoms with van der Waals surface area (Å²) in [5.41, 5.74) is 3.51. The molecule has 0 bridgehead atoms.